The fourth-order valence-corrected chi connectivity index (χ4v) is 6.09. The Labute approximate surface area is 276 Å². The molecule has 2 N–H and O–H groups in total. The molecule has 5 rings (SSSR count). The summed E-state index contributed by atoms with van der Waals surface area (Å²) < 4.78 is 17.7. The van der Waals surface area contributed by atoms with Crippen LogP contribution < -0.4 is 20.3 Å². The molecule has 2 heterocycles. The zero-order valence-electron chi connectivity index (χ0n) is 25.0. The van der Waals surface area contributed by atoms with E-state index in [1.54, 1.807) is 53.4 Å². The van der Waals surface area contributed by atoms with Crippen molar-refractivity contribution in [3.63, 3.8) is 0 Å². The number of hydrogen-bond donors (Lipinski definition) is 2. The van der Waals surface area contributed by atoms with E-state index in [-0.39, 0.29) is 24.3 Å². The molecule has 1 atom stereocenters. The molecule has 0 aromatic heterocycles. The van der Waals surface area contributed by atoms with Crippen LogP contribution in [0.25, 0.3) is 0 Å². The lowest BCUT2D eigenvalue weighted by Gasteiger charge is -2.26. The van der Waals surface area contributed by atoms with E-state index < -0.39 is 6.10 Å². The van der Waals surface area contributed by atoms with Crippen LogP contribution >= 0.6 is 27.5 Å². The van der Waals surface area contributed by atoms with Crippen molar-refractivity contribution < 1.29 is 28.6 Å². The number of morpholine rings is 1. The number of halogens is 2. The van der Waals surface area contributed by atoms with Crippen molar-refractivity contribution in [2.75, 3.05) is 69.9 Å². The molecule has 0 saturated carbocycles. The Balaban J connectivity index is 1.27. The number of carbonyl (C=O) groups is 3. The van der Waals surface area contributed by atoms with Crippen LogP contribution in [0.4, 0.5) is 11.4 Å². The number of fused-ring (bicyclic) bond motifs is 1. The molecule has 1 unspecified atom stereocenters. The van der Waals surface area contributed by atoms with Crippen molar-refractivity contribution in [1.29, 1.82) is 0 Å². The van der Waals surface area contributed by atoms with Crippen molar-refractivity contribution in [2.24, 2.45) is 0 Å². The molecule has 3 aromatic carbocycles. The lowest BCUT2D eigenvalue weighted by atomic mass is 10.0. The average molecular weight is 700 g/mol. The molecule has 3 amide bonds. The Morgan fingerprint density at radius 1 is 1.04 bits per heavy atom. The van der Waals surface area contributed by atoms with Gasteiger partial charge in [-0.3, -0.25) is 19.3 Å². The number of hydrogen-bond acceptors (Lipinski definition) is 7. The molecule has 2 aliphatic rings. The summed E-state index contributed by atoms with van der Waals surface area (Å²) in [7, 11) is 1.49. The molecule has 1 fully saturated rings. The Bertz CT molecular complexity index is 1530. The summed E-state index contributed by atoms with van der Waals surface area (Å²) in [6.07, 6.45) is 0.853. The van der Waals surface area contributed by atoms with Gasteiger partial charge in [-0.1, -0.05) is 23.7 Å². The highest BCUT2D eigenvalue weighted by molar-refractivity contribution is 9.10. The van der Waals surface area contributed by atoms with Crippen LogP contribution in [0.1, 0.15) is 45.2 Å². The minimum Gasteiger partial charge on any atom is -0.495 e. The predicted octanol–water partition coefficient (Wildman–Crippen LogP) is 5.31. The molecule has 10 nitrogen and oxygen atoms in total. The van der Waals surface area contributed by atoms with E-state index in [1.807, 2.05) is 12.1 Å². The number of amides is 3. The molecule has 1 saturated heterocycles. The molecule has 0 aliphatic carbocycles. The van der Waals surface area contributed by atoms with Crippen molar-refractivity contribution in [3.05, 3.63) is 86.8 Å². The zero-order chi connectivity index (χ0) is 31.8. The third kappa shape index (κ3) is 8.42. The van der Waals surface area contributed by atoms with Gasteiger partial charge in [0.25, 0.3) is 11.8 Å². The highest BCUT2D eigenvalue weighted by Gasteiger charge is 2.29. The second kappa shape index (κ2) is 15.7. The van der Waals surface area contributed by atoms with E-state index in [1.165, 1.54) is 7.11 Å². The average Bonchev–Trinajstić information content (AvgIpc) is 3.23. The number of rotatable bonds is 10. The van der Waals surface area contributed by atoms with E-state index >= 15 is 0 Å². The maximum atomic E-state index is 13.9. The number of ether oxygens (including phenoxy) is 3. The quantitative estimate of drug-likeness (QED) is 0.295. The smallest absolute Gasteiger partial charge is 0.258 e. The minimum absolute atomic E-state index is 0.0996. The summed E-state index contributed by atoms with van der Waals surface area (Å²) in [5, 5.41) is 6.31. The first-order valence-electron chi connectivity index (χ1n) is 14.9. The Hall–Kier alpha value is -3.48. The summed E-state index contributed by atoms with van der Waals surface area (Å²) in [5.74, 6) is -0.381. The largest absolute Gasteiger partial charge is 0.495 e. The van der Waals surface area contributed by atoms with Gasteiger partial charge in [-0.2, -0.15) is 0 Å². The Morgan fingerprint density at radius 3 is 2.62 bits per heavy atom. The molecular formula is C33H36BrClN4O6. The van der Waals surface area contributed by atoms with Gasteiger partial charge in [-0.05, 0) is 77.3 Å². The first-order chi connectivity index (χ1) is 21.8. The standard InChI is InChI=1S/C33H36BrClN4O6/c1-43-30-19-22(8-10-27(30)37-32(41)24-5-2-3-6-26(24)34)33(42)39-13-4-7-29(25-20-23(35)9-11-28(25)39)45-21-31(40)36-12-14-38-15-17-44-18-16-38/h2-3,5-6,8-11,19-20,29H,4,7,12-18,21H2,1H3,(H,36,40)(H,37,41). The highest BCUT2D eigenvalue weighted by Crippen LogP contribution is 2.38. The fraction of sp³-hybridized carbons (Fsp3) is 0.364. The van der Waals surface area contributed by atoms with Gasteiger partial charge in [0, 0.05) is 59.0 Å². The number of nitrogens with zero attached hydrogens (tertiary/aromatic N) is 2. The third-order valence-corrected chi connectivity index (χ3v) is 8.73. The first-order valence-corrected chi connectivity index (χ1v) is 16.0. The Morgan fingerprint density at radius 2 is 1.84 bits per heavy atom. The van der Waals surface area contributed by atoms with Crippen LogP contribution in [-0.2, 0) is 14.3 Å². The van der Waals surface area contributed by atoms with Crippen molar-refractivity contribution in [2.45, 2.75) is 18.9 Å². The van der Waals surface area contributed by atoms with E-state index in [4.69, 9.17) is 25.8 Å². The van der Waals surface area contributed by atoms with Crippen LogP contribution in [-0.4, -0.2) is 82.3 Å². The normalized spacial score (nSPS) is 16.8. The molecule has 12 heteroatoms. The molecule has 2 aliphatic heterocycles. The van der Waals surface area contributed by atoms with E-state index in [9.17, 15) is 14.4 Å². The van der Waals surface area contributed by atoms with Gasteiger partial charge in [0.05, 0.1) is 37.7 Å². The number of anilines is 2. The van der Waals surface area contributed by atoms with Gasteiger partial charge in [-0.15, -0.1) is 0 Å². The van der Waals surface area contributed by atoms with Gasteiger partial charge in [-0.25, -0.2) is 0 Å². The van der Waals surface area contributed by atoms with E-state index in [2.05, 4.69) is 31.5 Å². The van der Waals surface area contributed by atoms with Crippen LogP contribution in [0.2, 0.25) is 5.02 Å². The third-order valence-electron chi connectivity index (χ3n) is 7.81. The second-order valence-corrected chi connectivity index (χ2v) is 12.0. The molecule has 0 radical (unpaired) electrons. The van der Waals surface area contributed by atoms with Gasteiger partial charge in [0.15, 0.2) is 0 Å². The lowest BCUT2D eigenvalue weighted by Crippen LogP contribution is -2.42. The lowest BCUT2D eigenvalue weighted by molar-refractivity contribution is -0.128. The van der Waals surface area contributed by atoms with Crippen LogP contribution in [0.5, 0.6) is 5.75 Å². The SMILES string of the molecule is COc1cc(C(=O)N2CCCC(OCC(=O)NCCN3CCOCC3)c3cc(Cl)ccc32)ccc1NC(=O)c1ccccc1Br. The maximum absolute atomic E-state index is 13.9. The summed E-state index contributed by atoms with van der Waals surface area (Å²) in [6, 6.07) is 17.4. The number of nitrogens with one attached hydrogen (secondary N) is 2. The number of benzene rings is 3. The van der Waals surface area contributed by atoms with Crippen molar-refractivity contribution >= 4 is 56.6 Å². The second-order valence-electron chi connectivity index (χ2n) is 10.8. The summed E-state index contributed by atoms with van der Waals surface area (Å²) in [4.78, 5) is 43.4. The molecule has 0 spiro atoms. The Kier molecular flexibility index (Phi) is 11.5. The van der Waals surface area contributed by atoms with Crippen molar-refractivity contribution in [3.8, 4) is 5.75 Å². The highest BCUT2D eigenvalue weighted by atomic mass is 79.9. The molecule has 0 bridgehead atoms. The van der Waals surface area contributed by atoms with Gasteiger partial charge in [0.1, 0.15) is 12.4 Å². The van der Waals surface area contributed by atoms with Crippen molar-refractivity contribution in [1.82, 2.24) is 10.2 Å². The predicted molar refractivity (Wildman–Crippen MR) is 176 cm³/mol. The fourth-order valence-electron chi connectivity index (χ4n) is 5.45. The van der Waals surface area contributed by atoms with Gasteiger partial charge < -0.3 is 29.7 Å². The molecular weight excluding hydrogens is 664 g/mol. The number of methoxy groups -OCH3 is 1. The van der Waals surface area contributed by atoms with Gasteiger partial charge >= 0.3 is 0 Å². The molecule has 238 valence electrons. The topological polar surface area (TPSA) is 109 Å². The van der Waals surface area contributed by atoms with Crippen LogP contribution in [0, 0.1) is 0 Å². The molecule has 45 heavy (non-hydrogen) atoms. The first kappa shape index (κ1) is 32.9. The van der Waals surface area contributed by atoms with E-state index in [0.717, 1.165) is 25.2 Å². The monoisotopic (exact) mass is 698 g/mol. The minimum atomic E-state index is -0.411. The summed E-state index contributed by atoms with van der Waals surface area (Å²) in [5.41, 5.74) is 2.73. The van der Waals surface area contributed by atoms with Crippen LogP contribution in [0.3, 0.4) is 0 Å². The number of carbonyl (C=O) groups excluding carboxylic acids is 3. The summed E-state index contributed by atoms with van der Waals surface area (Å²) in [6.45, 7) is 4.79. The van der Waals surface area contributed by atoms with Crippen LogP contribution in [0.15, 0.2) is 65.1 Å². The molecule has 3 aromatic rings. The maximum Gasteiger partial charge on any atom is 0.258 e. The zero-order valence-corrected chi connectivity index (χ0v) is 27.4. The van der Waals surface area contributed by atoms with Gasteiger partial charge in [0.2, 0.25) is 5.91 Å². The van der Waals surface area contributed by atoms with E-state index in [0.29, 0.717) is 76.9 Å². The summed E-state index contributed by atoms with van der Waals surface area (Å²) >= 11 is 9.80.